The van der Waals surface area contributed by atoms with Gasteiger partial charge in [0.05, 0.1) is 0 Å². The molecule has 0 aromatic heterocycles. The van der Waals surface area contributed by atoms with E-state index in [2.05, 4.69) is 78.6 Å². The molecule has 0 unspecified atom stereocenters. The van der Waals surface area contributed by atoms with Gasteiger partial charge in [0, 0.05) is 19.5 Å². The van der Waals surface area contributed by atoms with Crippen LogP contribution in [0.4, 0.5) is 0 Å². The van der Waals surface area contributed by atoms with Gasteiger partial charge in [0.1, 0.15) is 0 Å². The molecular formula is C31H37NO. The molecule has 0 saturated heterocycles. The van der Waals surface area contributed by atoms with Gasteiger partial charge in [-0.05, 0) is 42.4 Å². The Hall–Kier alpha value is -3.13. The van der Waals surface area contributed by atoms with Crippen molar-refractivity contribution in [3.05, 3.63) is 113 Å². The lowest BCUT2D eigenvalue weighted by atomic mass is 10.0. The number of carbonyl (C=O) groups excluding carboxylic acids is 1. The van der Waals surface area contributed by atoms with E-state index < -0.39 is 0 Å². The van der Waals surface area contributed by atoms with Crippen molar-refractivity contribution in [2.24, 2.45) is 0 Å². The molecule has 0 aliphatic carbocycles. The largest absolute Gasteiger partial charge is 0.338 e. The lowest BCUT2D eigenvalue weighted by Crippen LogP contribution is -2.35. The first-order valence-electron chi connectivity index (χ1n) is 12.3. The summed E-state index contributed by atoms with van der Waals surface area (Å²) in [5.41, 5.74) is 5.05. The molecule has 172 valence electrons. The van der Waals surface area contributed by atoms with Crippen LogP contribution in [0.2, 0.25) is 0 Å². The standard InChI is InChI=1S/C31H37NO/c1-2-3-7-20-30(25-29-18-12-6-13-19-29)26-32(24-23-28-16-10-5-11-17-28)31(33)22-21-27-14-8-4-9-15-27/h4-6,8-19,25H,2-3,7,20-24,26H2,1H3/b30-25+. The molecule has 0 atom stereocenters. The summed E-state index contributed by atoms with van der Waals surface area (Å²) in [4.78, 5) is 15.4. The number of hydrogen-bond donors (Lipinski definition) is 0. The van der Waals surface area contributed by atoms with Gasteiger partial charge in [0.2, 0.25) is 5.91 Å². The Balaban J connectivity index is 1.73. The molecule has 0 radical (unpaired) electrons. The zero-order chi connectivity index (χ0) is 23.1. The van der Waals surface area contributed by atoms with Crippen LogP contribution in [0.3, 0.4) is 0 Å². The lowest BCUT2D eigenvalue weighted by Gasteiger charge is -2.25. The molecular weight excluding hydrogens is 402 g/mol. The molecule has 3 aromatic rings. The number of nitrogens with zero attached hydrogens (tertiary/aromatic N) is 1. The minimum absolute atomic E-state index is 0.240. The Morgan fingerprint density at radius 3 is 1.91 bits per heavy atom. The minimum atomic E-state index is 0.240. The van der Waals surface area contributed by atoms with Crippen LogP contribution in [0.1, 0.15) is 55.7 Å². The Morgan fingerprint density at radius 2 is 1.30 bits per heavy atom. The number of hydrogen-bond acceptors (Lipinski definition) is 1. The molecule has 0 bridgehead atoms. The minimum Gasteiger partial charge on any atom is -0.338 e. The summed E-state index contributed by atoms with van der Waals surface area (Å²) < 4.78 is 0. The lowest BCUT2D eigenvalue weighted by molar-refractivity contribution is -0.130. The van der Waals surface area contributed by atoms with Crippen LogP contribution in [0.5, 0.6) is 0 Å². The van der Waals surface area contributed by atoms with Crippen molar-refractivity contribution in [3.63, 3.8) is 0 Å². The highest BCUT2D eigenvalue weighted by molar-refractivity contribution is 5.77. The third-order valence-electron chi connectivity index (χ3n) is 6.00. The monoisotopic (exact) mass is 439 g/mol. The number of carbonyl (C=O) groups is 1. The van der Waals surface area contributed by atoms with Gasteiger partial charge in [-0.2, -0.15) is 0 Å². The van der Waals surface area contributed by atoms with E-state index >= 15 is 0 Å². The summed E-state index contributed by atoms with van der Waals surface area (Å²) in [5, 5.41) is 0. The Bertz CT molecular complexity index is 964. The van der Waals surface area contributed by atoms with Crippen molar-refractivity contribution in [1.29, 1.82) is 0 Å². The smallest absolute Gasteiger partial charge is 0.223 e. The number of unbranched alkanes of at least 4 members (excludes halogenated alkanes) is 2. The Labute approximate surface area is 200 Å². The van der Waals surface area contributed by atoms with Crippen LogP contribution in [0, 0.1) is 0 Å². The number of rotatable bonds is 13. The molecule has 0 aliphatic rings. The maximum absolute atomic E-state index is 13.4. The van der Waals surface area contributed by atoms with E-state index in [1.807, 2.05) is 30.3 Å². The van der Waals surface area contributed by atoms with Gasteiger partial charge in [-0.15, -0.1) is 0 Å². The number of aryl methyl sites for hydroxylation is 1. The van der Waals surface area contributed by atoms with E-state index in [9.17, 15) is 4.79 Å². The Kier molecular flexibility index (Phi) is 10.5. The third-order valence-corrected chi connectivity index (χ3v) is 6.00. The van der Waals surface area contributed by atoms with Crippen LogP contribution >= 0.6 is 0 Å². The maximum Gasteiger partial charge on any atom is 0.223 e. The number of amides is 1. The van der Waals surface area contributed by atoms with Crippen molar-refractivity contribution in [2.75, 3.05) is 13.1 Å². The average molecular weight is 440 g/mol. The van der Waals surface area contributed by atoms with Gasteiger partial charge in [-0.25, -0.2) is 0 Å². The van der Waals surface area contributed by atoms with Gasteiger partial charge in [0.25, 0.3) is 0 Å². The first-order valence-corrected chi connectivity index (χ1v) is 12.3. The molecule has 0 heterocycles. The first-order chi connectivity index (χ1) is 16.2. The third kappa shape index (κ3) is 9.10. The summed E-state index contributed by atoms with van der Waals surface area (Å²) in [7, 11) is 0. The maximum atomic E-state index is 13.4. The van der Waals surface area contributed by atoms with Gasteiger partial charge >= 0.3 is 0 Å². The molecule has 3 rings (SSSR count). The highest BCUT2D eigenvalue weighted by atomic mass is 16.2. The second-order valence-electron chi connectivity index (χ2n) is 8.71. The van der Waals surface area contributed by atoms with Crippen molar-refractivity contribution < 1.29 is 4.79 Å². The molecule has 0 saturated carbocycles. The van der Waals surface area contributed by atoms with Crippen LogP contribution in [0.15, 0.2) is 96.6 Å². The molecule has 0 fully saturated rings. The summed E-state index contributed by atoms with van der Waals surface area (Å²) in [5.74, 6) is 0.240. The highest BCUT2D eigenvalue weighted by Crippen LogP contribution is 2.17. The molecule has 2 nitrogen and oxygen atoms in total. The van der Waals surface area contributed by atoms with Crippen molar-refractivity contribution >= 4 is 12.0 Å². The van der Waals surface area contributed by atoms with E-state index in [0.717, 1.165) is 25.8 Å². The number of benzene rings is 3. The van der Waals surface area contributed by atoms with Gasteiger partial charge in [-0.3, -0.25) is 4.79 Å². The van der Waals surface area contributed by atoms with E-state index in [0.29, 0.717) is 13.0 Å². The summed E-state index contributed by atoms with van der Waals surface area (Å²) in [6, 6.07) is 31.3. The second-order valence-corrected chi connectivity index (χ2v) is 8.71. The normalized spacial score (nSPS) is 11.4. The summed E-state index contributed by atoms with van der Waals surface area (Å²) >= 11 is 0. The van der Waals surface area contributed by atoms with E-state index in [1.54, 1.807) is 0 Å². The van der Waals surface area contributed by atoms with Crippen molar-refractivity contribution in [2.45, 2.75) is 51.9 Å². The molecule has 3 aromatic carbocycles. The van der Waals surface area contributed by atoms with Gasteiger partial charge < -0.3 is 4.90 Å². The molecule has 0 aliphatic heterocycles. The Morgan fingerprint density at radius 1 is 0.727 bits per heavy atom. The second kappa shape index (κ2) is 14.1. The summed E-state index contributed by atoms with van der Waals surface area (Å²) in [6.45, 7) is 3.69. The fourth-order valence-electron chi connectivity index (χ4n) is 4.08. The van der Waals surface area contributed by atoms with Crippen molar-refractivity contribution in [3.8, 4) is 0 Å². The van der Waals surface area contributed by atoms with Crippen LogP contribution in [-0.4, -0.2) is 23.9 Å². The SMILES string of the molecule is CCCCC/C(=C\c1ccccc1)CN(CCc1ccccc1)C(=O)CCc1ccccc1. The zero-order valence-corrected chi connectivity index (χ0v) is 20.0. The molecule has 33 heavy (non-hydrogen) atoms. The van der Waals surface area contributed by atoms with Gasteiger partial charge in [-0.1, -0.05) is 122 Å². The fourth-order valence-corrected chi connectivity index (χ4v) is 4.08. The molecule has 1 amide bonds. The zero-order valence-electron chi connectivity index (χ0n) is 20.0. The van der Waals surface area contributed by atoms with E-state index in [1.165, 1.54) is 41.5 Å². The quantitative estimate of drug-likeness (QED) is 0.255. The highest BCUT2D eigenvalue weighted by Gasteiger charge is 2.16. The summed E-state index contributed by atoms with van der Waals surface area (Å²) in [6.07, 6.45) is 9.13. The predicted octanol–water partition coefficient (Wildman–Crippen LogP) is 7.35. The van der Waals surface area contributed by atoms with Crippen LogP contribution in [-0.2, 0) is 17.6 Å². The predicted molar refractivity (Wildman–Crippen MR) is 140 cm³/mol. The van der Waals surface area contributed by atoms with E-state index in [-0.39, 0.29) is 5.91 Å². The van der Waals surface area contributed by atoms with E-state index in [4.69, 9.17) is 0 Å². The molecule has 0 N–H and O–H groups in total. The topological polar surface area (TPSA) is 20.3 Å². The van der Waals surface area contributed by atoms with Crippen LogP contribution < -0.4 is 0 Å². The molecule has 2 heteroatoms. The van der Waals surface area contributed by atoms with Gasteiger partial charge in [0.15, 0.2) is 0 Å². The molecule has 0 spiro atoms. The van der Waals surface area contributed by atoms with Crippen molar-refractivity contribution in [1.82, 2.24) is 4.90 Å². The van der Waals surface area contributed by atoms with Crippen LogP contribution in [0.25, 0.3) is 6.08 Å². The fraction of sp³-hybridized carbons (Fsp3) is 0.323. The average Bonchev–Trinajstić information content (AvgIpc) is 2.87. The first kappa shape index (κ1) is 24.5.